The average molecular weight is 174 g/mol. The Morgan fingerprint density at radius 3 is 2.77 bits per heavy atom. The highest BCUT2D eigenvalue weighted by atomic mass is 16.3. The predicted molar refractivity (Wildman–Crippen MR) is 54.5 cm³/mol. The minimum Gasteiger partial charge on any atom is -0.462 e. The smallest absolute Gasteiger partial charge is 0.130 e. The van der Waals surface area contributed by atoms with Gasteiger partial charge in [-0.25, -0.2) is 0 Å². The van der Waals surface area contributed by atoms with Gasteiger partial charge in [0, 0.05) is 5.22 Å². The van der Waals surface area contributed by atoms with Crippen LogP contribution in [0, 0.1) is 12.8 Å². The summed E-state index contributed by atoms with van der Waals surface area (Å²) in [5.41, 5.74) is 2.32. The van der Waals surface area contributed by atoms with Crippen molar-refractivity contribution in [3.8, 4) is 0 Å². The lowest BCUT2D eigenvalue weighted by atomic mass is 10.1. The van der Waals surface area contributed by atoms with Gasteiger partial charge in [0.25, 0.3) is 0 Å². The first kappa shape index (κ1) is 8.36. The summed E-state index contributed by atoms with van der Waals surface area (Å²) in [7, 11) is 0. The Balaban J connectivity index is 2.75. The summed E-state index contributed by atoms with van der Waals surface area (Å²) in [6, 6.07) is 2.08. The predicted octanol–water partition coefficient (Wildman–Crippen LogP) is 1.75. The maximum absolute atomic E-state index is 5.58. The van der Waals surface area contributed by atoms with Gasteiger partial charge < -0.3 is 4.42 Å². The second-order valence-electron chi connectivity index (χ2n) is 3.76. The van der Waals surface area contributed by atoms with Crippen molar-refractivity contribution in [1.29, 1.82) is 0 Å². The maximum Gasteiger partial charge on any atom is 0.130 e. The van der Waals surface area contributed by atoms with Gasteiger partial charge >= 0.3 is 0 Å². The van der Waals surface area contributed by atoms with Gasteiger partial charge in [0.1, 0.15) is 11.2 Å². The van der Waals surface area contributed by atoms with Gasteiger partial charge in [0.2, 0.25) is 0 Å². The van der Waals surface area contributed by atoms with Crippen molar-refractivity contribution in [3.63, 3.8) is 0 Å². The van der Waals surface area contributed by atoms with Crippen molar-refractivity contribution in [3.05, 3.63) is 34.1 Å². The van der Waals surface area contributed by atoms with Gasteiger partial charge in [0.15, 0.2) is 0 Å². The molecular weight excluding hydrogens is 160 g/mol. The molecule has 0 bridgehead atoms. The van der Waals surface area contributed by atoms with Crippen LogP contribution in [0.2, 0.25) is 0 Å². The Bertz CT molecular complexity index is 460. The van der Waals surface area contributed by atoms with Gasteiger partial charge in [-0.1, -0.05) is 18.6 Å². The van der Waals surface area contributed by atoms with Crippen LogP contribution in [0.5, 0.6) is 0 Å². The summed E-state index contributed by atoms with van der Waals surface area (Å²) in [5, 5.41) is 1.20. The molecule has 13 heavy (non-hydrogen) atoms. The molecule has 1 heterocycles. The molecule has 1 aliphatic rings. The largest absolute Gasteiger partial charge is 0.462 e. The highest BCUT2D eigenvalue weighted by molar-refractivity contribution is 5.50. The lowest BCUT2D eigenvalue weighted by molar-refractivity contribution is 0.499. The summed E-state index contributed by atoms with van der Waals surface area (Å²) >= 11 is 0. The Morgan fingerprint density at radius 2 is 2.00 bits per heavy atom. The molecule has 0 amide bonds. The Kier molecular flexibility index (Phi) is 1.87. The van der Waals surface area contributed by atoms with E-state index in [2.05, 4.69) is 38.1 Å². The van der Waals surface area contributed by atoms with Crippen LogP contribution in [-0.4, -0.2) is 0 Å². The number of fused-ring (bicyclic) bond motifs is 1. The number of aryl methyl sites for hydroxylation is 1. The summed E-state index contributed by atoms with van der Waals surface area (Å²) in [6.45, 7) is 6.28. The second kappa shape index (κ2) is 2.91. The summed E-state index contributed by atoms with van der Waals surface area (Å²) in [4.78, 5) is 0. The van der Waals surface area contributed by atoms with E-state index >= 15 is 0 Å². The Morgan fingerprint density at radius 1 is 1.23 bits per heavy atom. The average Bonchev–Trinajstić information content (AvgIpc) is 2.24. The number of hydrogen-bond donors (Lipinski definition) is 0. The monoisotopic (exact) mass is 174 g/mol. The van der Waals surface area contributed by atoms with Crippen molar-refractivity contribution in [1.82, 2.24) is 0 Å². The molecule has 0 N–H and O–H groups in total. The van der Waals surface area contributed by atoms with Crippen molar-refractivity contribution in [2.24, 2.45) is 5.92 Å². The van der Waals surface area contributed by atoms with Crippen molar-refractivity contribution < 1.29 is 4.42 Å². The number of allylic oxidation sites excluding steroid dienone is 2. The minimum atomic E-state index is 0.461. The van der Waals surface area contributed by atoms with Gasteiger partial charge in [0.05, 0.1) is 0 Å². The summed E-state index contributed by atoms with van der Waals surface area (Å²) in [6.07, 6.45) is 6.58. The van der Waals surface area contributed by atoms with Gasteiger partial charge in [-0.15, -0.1) is 0 Å². The normalized spacial score (nSPS) is 20.8. The third-order valence-corrected chi connectivity index (χ3v) is 2.24. The van der Waals surface area contributed by atoms with Crippen molar-refractivity contribution >= 4 is 12.2 Å². The molecule has 0 fully saturated rings. The van der Waals surface area contributed by atoms with E-state index in [4.69, 9.17) is 4.42 Å². The molecule has 0 radical (unpaired) electrons. The van der Waals surface area contributed by atoms with Gasteiger partial charge in [-0.3, -0.25) is 0 Å². The van der Waals surface area contributed by atoms with Crippen LogP contribution in [-0.2, 0) is 0 Å². The van der Waals surface area contributed by atoms with Crippen molar-refractivity contribution in [2.45, 2.75) is 20.8 Å². The molecule has 0 aromatic carbocycles. The van der Waals surface area contributed by atoms with E-state index in [1.807, 2.05) is 6.92 Å². The molecule has 0 aliphatic heterocycles. The lowest BCUT2D eigenvalue weighted by Crippen LogP contribution is -2.18. The molecule has 1 heteroatoms. The van der Waals surface area contributed by atoms with Crippen LogP contribution < -0.4 is 10.6 Å². The van der Waals surface area contributed by atoms with E-state index in [0.29, 0.717) is 5.92 Å². The molecule has 0 saturated carbocycles. The van der Waals surface area contributed by atoms with E-state index in [0.717, 1.165) is 11.2 Å². The zero-order chi connectivity index (χ0) is 9.42. The number of hydrogen-bond acceptors (Lipinski definition) is 1. The van der Waals surface area contributed by atoms with Crippen LogP contribution >= 0.6 is 0 Å². The zero-order valence-electron chi connectivity index (χ0n) is 8.29. The molecule has 1 unspecified atom stereocenters. The minimum absolute atomic E-state index is 0.461. The molecule has 0 spiro atoms. The lowest BCUT2D eigenvalue weighted by Gasteiger charge is -1.95. The summed E-state index contributed by atoms with van der Waals surface area (Å²) < 4.78 is 5.58. The molecule has 1 nitrogen and oxygen atoms in total. The SMILES string of the molecule is CC1=CC(C)C=c2oc(C)cc2=C1. The van der Waals surface area contributed by atoms with Crippen LogP contribution in [0.4, 0.5) is 0 Å². The molecule has 1 atom stereocenters. The first-order chi connectivity index (χ1) is 6.15. The third-order valence-electron chi connectivity index (χ3n) is 2.24. The van der Waals surface area contributed by atoms with Crippen LogP contribution in [0.3, 0.4) is 0 Å². The van der Waals surface area contributed by atoms with E-state index in [9.17, 15) is 0 Å². The van der Waals surface area contributed by atoms with Gasteiger partial charge in [-0.2, -0.15) is 0 Å². The topological polar surface area (TPSA) is 13.1 Å². The first-order valence-corrected chi connectivity index (χ1v) is 4.63. The molecule has 68 valence electrons. The fraction of sp³-hybridized carbons (Fsp3) is 0.333. The van der Waals surface area contributed by atoms with E-state index < -0.39 is 0 Å². The highest BCUT2D eigenvalue weighted by Crippen LogP contribution is 2.07. The van der Waals surface area contributed by atoms with Gasteiger partial charge in [-0.05, 0) is 38.0 Å². The van der Waals surface area contributed by atoms with E-state index in [1.54, 1.807) is 0 Å². The van der Waals surface area contributed by atoms with Crippen LogP contribution in [0.15, 0.2) is 22.1 Å². The highest BCUT2D eigenvalue weighted by Gasteiger charge is 2.02. The van der Waals surface area contributed by atoms with Crippen LogP contribution in [0.25, 0.3) is 12.2 Å². The molecule has 1 aliphatic carbocycles. The second-order valence-corrected chi connectivity index (χ2v) is 3.76. The summed E-state index contributed by atoms with van der Waals surface area (Å²) in [5.74, 6) is 1.45. The van der Waals surface area contributed by atoms with E-state index in [-0.39, 0.29) is 0 Å². The molecule has 0 saturated heterocycles. The molecule has 1 aromatic rings. The van der Waals surface area contributed by atoms with E-state index in [1.165, 1.54) is 10.8 Å². The number of rotatable bonds is 0. The fourth-order valence-electron chi connectivity index (χ4n) is 1.79. The quantitative estimate of drug-likeness (QED) is 0.584. The van der Waals surface area contributed by atoms with Crippen molar-refractivity contribution in [2.75, 3.05) is 0 Å². The molecular formula is C12H14O. The van der Waals surface area contributed by atoms with Crippen LogP contribution in [0.1, 0.15) is 19.6 Å². The first-order valence-electron chi connectivity index (χ1n) is 4.63. The number of furan rings is 1. The zero-order valence-corrected chi connectivity index (χ0v) is 8.29. The molecule has 1 aromatic heterocycles. The third kappa shape index (κ3) is 1.59. The Hall–Kier alpha value is -1.24. The standard InChI is InChI=1S/C12H14O/c1-8-4-9(2)6-12-11(5-8)7-10(3)13-12/h4-7,9H,1-3H3. The Labute approximate surface area is 78.1 Å². The fourth-order valence-corrected chi connectivity index (χ4v) is 1.79. The maximum atomic E-state index is 5.58. The molecule has 2 rings (SSSR count).